The van der Waals surface area contributed by atoms with E-state index in [9.17, 15) is 0 Å². The molecule has 4 unspecified atom stereocenters. The van der Waals surface area contributed by atoms with Crippen LogP contribution >= 0.6 is 0 Å². The molecule has 3 heteroatoms. The summed E-state index contributed by atoms with van der Waals surface area (Å²) in [6.07, 6.45) is 9.76. The average molecular weight is 928 g/mol. The second-order valence-electron chi connectivity index (χ2n) is 19.2. The SMILES string of the molecule is CC.CC(=N/C(=C\C(C)C1=CC2C(C=C1)C2c1cccc(-c2ccccc2)c1)c1ccc(-c2cccc(-n3c4ccccc4c4ccccc43)c2)cc1)c1cccc(-n2c3ccccc3c3ccccc32)c1. The summed E-state index contributed by atoms with van der Waals surface area (Å²) in [6.45, 7) is 8.48. The van der Waals surface area contributed by atoms with E-state index in [2.05, 4.69) is 272 Å². The fourth-order valence-corrected chi connectivity index (χ4v) is 11.3. The number of aliphatic imine (C=N–C) groups is 1. The Balaban J connectivity index is 0.00000262. The van der Waals surface area contributed by atoms with Gasteiger partial charge in [0.25, 0.3) is 0 Å². The fraction of sp³-hybridized carbons (Fsp3) is 0.116. The van der Waals surface area contributed by atoms with Gasteiger partial charge >= 0.3 is 0 Å². The number of nitrogens with zero attached hydrogens (tertiary/aromatic N) is 3. The molecule has 348 valence electrons. The van der Waals surface area contributed by atoms with E-state index in [1.807, 2.05) is 13.8 Å². The van der Waals surface area contributed by atoms with Gasteiger partial charge in [0.15, 0.2) is 0 Å². The van der Waals surface area contributed by atoms with Gasteiger partial charge in [0.05, 0.1) is 27.8 Å². The van der Waals surface area contributed by atoms with Crippen LogP contribution in [0.2, 0.25) is 0 Å². The van der Waals surface area contributed by atoms with Crippen LogP contribution in [0.4, 0.5) is 0 Å². The highest BCUT2D eigenvalue weighted by atomic mass is 15.0. The predicted octanol–water partition coefficient (Wildman–Crippen LogP) is 18.3. The van der Waals surface area contributed by atoms with Crippen molar-refractivity contribution >= 4 is 55.0 Å². The molecule has 0 saturated heterocycles. The normalized spacial score (nSPS) is 16.9. The lowest BCUT2D eigenvalue weighted by Crippen LogP contribution is -2.02. The number of allylic oxidation sites excluding steroid dienone is 5. The predicted molar refractivity (Wildman–Crippen MR) is 307 cm³/mol. The number of fused-ring (bicyclic) bond motifs is 7. The zero-order valence-corrected chi connectivity index (χ0v) is 41.3. The monoisotopic (exact) mass is 927 g/mol. The third-order valence-electron chi connectivity index (χ3n) is 14.9. The summed E-state index contributed by atoms with van der Waals surface area (Å²) in [4.78, 5) is 5.55. The topological polar surface area (TPSA) is 22.2 Å². The molecule has 2 aliphatic rings. The van der Waals surface area contributed by atoms with Crippen molar-refractivity contribution < 1.29 is 0 Å². The van der Waals surface area contributed by atoms with Crippen molar-refractivity contribution in [2.45, 2.75) is 33.6 Å². The minimum Gasteiger partial charge on any atom is -0.309 e. The van der Waals surface area contributed by atoms with Crippen molar-refractivity contribution in [3.05, 3.63) is 271 Å². The van der Waals surface area contributed by atoms with Gasteiger partial charge in [-0.2, -0.15) is 0 Å². The Morgan fingerprint density at radius 3 is 1.54 bits per heavy atom. The van der Waals surface area contributed by atoms with E-state index in [1.54, 1.807) is 0 Å². The summed E-state index contributed by atoms with van der Waals surface area (Å²) < 4.78 is 4.77. The van der Waals surface area contributed by atoms with Crippen LogP contribution in [-0.2, 0) is 0 Å². The molecule has 0 aliphatic heterocycles. The van der Waals surface area contributed by atoms with Crippen LogP contribution in [0.25, 0.3) is 82.9 Å². The third-order valence-corrected chi connectivity index (χ3v) is 14.9. The lowest BCUT2D eigenvalue weighted by molar-refractivity contribution is 0.844. The van der Waals surface area contributed by atoms with Crippen molar-refractivity contribution in [2.24, 2.45) is 22.7 Å². The highest BCUT2D eigenvalue weighted by Gasteiger charge is 2.49. The Hall–Kier alpha value is -8.53. The molecule has 0 amide bonds. The minimum absolute atomic E-state index is 0.146. The molecular formula is C69H57N3. The first kappa shape index (κ1) is 44.7. The van der Waals surface area contributed by atoms with Crippen molar-refractivity contribution in [1.29, 1.82) is 0 Å². The maximum Gasteiger partial charge on any atom is 0.0671 e. The van der Waals surface area contributed by atoms with E-state index in [0.717, 1.165) is 33.9 Å². The van der Waals surface area contributed by atoms with Crippen LogP contribution in [0, 0.1) is 17.8 Å². The van der Waals surface area contributed by atoms with Crippen molar-refractivity contribution in [3.63, 3.8) is 0 Å². The molecule has 72 heavy (non-hydrogen) atoms. The maximum atomic E-state index is 5.55. The summed E-state index contributed by atoms with van der Waals surface area (Å²) >= 11 is 0. The Bertz CT molecular complexity index is 3820. The summed E-state index contributed by atoms with van der Waals surface area (Å²) in [5.74, 6) is 1.67. The van der Waals surface area contributed by atoms with E-state index < -0.39 is 0 Å². The van der Waals surface area contributed by atoms with Crippen LogP contribution in [0.5, 0.6) is 0 Å². The van der Waals surface area contributed by atoms with Gasteiger partial charge in [-0.15, -0.1) is 0 Å². The second-order valence-corrected chi connectivity index (χ2v) is 19.2. The third kappa shape index (κ3) is 8.11. The quantitative estimate of drug-likeness (QED) is 0.122. The Morgan fingerprint density at radius 2 is 0.944 bits per heavy atom. The van der Waals surface area contributed by atoms with Crippen molar-refractivity contribution in [3.8, 4) is 33.6 Å². The number of benzene rings is 9. The maximum absolute atomic E-state index is 5.55. The smallest absolute Gasteiger partial charge is 0.0671 e. The van der Waals surface area contributed by atoms with Gasteiger partial charge in [-0.1, -0.05) is 221 Å². The van der Waals surface area contributed by atoms with Crippen molar-refractivity contribution in [1.82, 2.24) is 9.13 Å². The molecule has 1 saturated carbocycles. The molecule has 2 aliphatic carbocycles. The molecule has 0 bridgehead atoms. The Labute approximate surface area is 423 Å². The summed E-state index contributed by atoms with van der Waals surface area (Å²) in [5.41, 5.74) is 18.9. The van der Waals surface area contributed by atoms with Gasteiger partial charge in [0.1, 0.15) is 0 Å². The lowest BCUT2D eigenvalue weighted by Gasteiger charge is -2.15. The molecule has 1 fully saturated rings. The number of rotatable bonds is 10. The first-order chi connectivity index (χ1) is 35.5. The number of para-hydroxylation sites is 4. The van der Waals surface area contributed by atoms with Crippen LogP contribution in [-0.4, -0.2) is 14.8 Å². The molecular weight excluding hydrogens is 871 g/mol. The van der Waals surface area contributed by atoms with E-state index in [-0.39, 0.29) is 5.92 Å². The van der Waals surface area contributed by atoms with Gasteiger partial charge in [0, 0.05) is 44.5 Å². The van der Waals surface area contributed by atoms with Crippen LogP contribution in [0.1, 0.15) is 50.3 Å². The van der Waals surface area contributed by atoms with Crippen LogP contribution in [0.15, 0.2) is 259 Å². The summed E-state index contributed by atoms with van der Waals surface area (Å²) in [7, 11) is 0. The Kier molecular flexibility index (Phi) is 11.8. The molecule has 2 aromatic heterocycles. The fourth-order valence-electron chi connectivity index (χ4n) is 11.3. The highest BCUT2D eigenvalue weighted by Crippen LogP contribution is 2.58. The van der Waals surface area contributed by atoms with Gasteiger partial charge in [-0.25, -0.2) is 0 Å². The van der Waals surface area contributed by atoms with E-state index >= 15 is 0 Å². The molecule has 2 heterocycles. The average Bonchev–Trinajstić information content (AvgIpc) is 3.94. The molecule has 0 N–H and O–H groups in total. The zero-order chi connectivity index (χ0) is 48.7. The zero-order valence-electron chi connectivity index (χ0n) is 41.3. The van der Waals surface area contributed by atoms with Crippen LogP contribution < -0.4 is 0 Å². The largest absolute Gasteiger partial charge is 0.309 e. The number of hydrogen-bond donors (Lipinski definition) is 0. The molecule has 13 rings (SSSR count). The van der Waals surface area contributed by atoms with E-state index in [4.69, 9.17) is 4.99 Å². The number of hydrogen-bond acceptors (Lipinski definition) is 1. The van der Waals surface area contributed by atoms with Gasteiger partial charge in [-0.05, 0) is 118 Å². The van der Waals surface area contributed by atoms with E-state index in [1.165, 1.54) is 77.0 Å². The first-order valence-corrected chi connectivity index (χ1v) is 25.6. The second kappa shape index (κ2) is 19.0. The van der Waals surface area contributed by atoms with Crippen molar-refractivity contribution in [2.75, 3.05) is 0 Å². The first-order valence-electron chi connectivity index (χ1n) is 25.6. The van der Waals surface area contributed by atoms with Gasteiger partial charge in [0.2, 0.25) is 0 Å². The lowest BCUT2D eigenvalue weighted by atomic mass is 9.93. The molecule has 3 nitrogen and oxygen atoms in total. The van der Waals surface area contributed by atoms with Crippen LogP contribution in [0.3, 0.4) is 0 Å². The number of aromatic nitrogens is 2. The standard InChI is InChI=1S/C67H51N3.C2H6/c1-44(49-37-38-60-61(43-49)67(60)53-22-14-20-51(40-53)46-17-4-3-5-18-46)39-62(68-45(2)50-19-15-23-54(41-50)69-63-29-10-6-25-56(63)57-26-7-11-30-64(57)69)48-35-33-47(34-36-48)52-21-16-24-55(42-52)70-65-31-12-8-27-58(65)59-28-9-13-32-66(59)70;1-2/h3-44,60-61,67H,1-2H3;1-2H3/b62-39-,68-45?;. The molecule has 4 atom stereocenters. The molecule has 0 radical (unpaired) electrons. The molecule has 0 spiro atoms. The van der Waals surface area contributed by atoms with Gasteiger partial charge in [-0.3, -0.25) is 4.99 Å². The summed E-state index contributed by atoms with van der Waals surface area (Å²) in [5, 5.41) is 5.04. The highest BCUT2D eigenvalue weighted by molar-refractivity contribution is 6.10. The van der Waals surface area contributed by atoms with Gasteiger partial charge < -0.3 is 9.13 Å². The molecule has 11 aromatic rings. The minimum atomic E-state index is 0.146. The summed E-state index contributed by atoms with van der Waals surface area (Å²) in [6, 6.07) is 81.5. The van der Waals surface area contributed by atoms with E-state index in [0.29, 0.717) is 17.8 Å². The Morgan fingerprint density at radius 1 is 0.458 bits per heavy atom. The molecule has 9 aromatic carbocycles.